The van der Waals surface area contributed by atoms with Crippen molar-refractivity contribution < 1.29 is 23.7 Å². The quantitative estimate of drug-likeness (QED) is 0.174. The van der Waals surface area contributed by atoms with Gasteiger partial charge in [0.15, 0.2) is 0 Å². The van der Waals surface area contributed by atoms with Crippen molar-refractivity contribution in [3.05, 3.63) is 81.6 Å². The van der Waals surface area contributed by atoms with E-state index in [-0.39, 0.29) is 18.2 Å². The second-order valence-corrected chi connectivity index (χ2v) is 9.15. The van der Waals surface area contributed by atoms with E-state index < -0.39 is 10.9 Å². The predicted octanol–water partition coefficient (Wildman–Crippen LogP) is 5.13. The van der Waals surface area contributed by atoms with Crippen LogP contribution in [0.2, 0.25) is 0 Å². The molecular weight excluding hydrogens is 500 g/mol. The Balaban J connectivity index is 1.51. The first kappa shape index (κ1) is 27.6. The van der Waals surface area contributed by atoms with Crippen molar-refractivity contribution in [2.24, 2.45) is 0 Å². The van der Waals surface area contributed by atoms with Crippen LogP contribution in [0.25, 0.3) is 17.4 Å². The molecule has 0 spiro atoms. The minimum absolute atomic E-state index is 0.0123. The maximum absolute atomic E-state index is 12.9. The molecule has 3 aromatic rings. The minimum Gasteiger partial charge on any atom is -0.462 e. The van der Waals surface area contributed by atoms with Gasteiger partial charge >= 0.3 is 5.97 Å². The van der Waals surface area contributed by atoms with Gasteiger partial charge in [-0.05, 0) is 68.4 Å². The van der Waals surface area contributed by atoms with Crippen LogP contribution in [0.5, 0.6) is 0 Å². The number of likely N-dealkylation sites (N-methyl/N-ethyl adjacent to an activating group) is 1. The lowest BCUT2D eigenvalue weighted by molar-refractivity contribution is -0.384. The number of nitrogens with zero attached hydrogens (tertiary/aromatic N) is 3. The molecule has 0 aliphatic carbocycles. The summed E-state index contributed by atoms with van der Waals surface area (Å²) in [7, 11) is 0. The summed E-state index contributed by atoms with van der Waals surface area (Å²) in [5.74, 6) is 0.164. The van der Waals surface area contributed by atoms with Crippen LogP contribution in [0.4, 0.5) is 17.1 Å². The van der Waals surface area contributed by atoms with Gasteiger partial charge in [0.2, 0.25) is 5.91 Å². The molecule has 2 heterocycles. The van der Waals surface area contributed by atoms with Gasteiger partial charge in [0.1, 0.15) is 11.5 Å². The number of nitro groups is 1. The molecule has 0 radical (unpaired) electrons. The van der Waals surface area contributed by atoms with Crippen LogP contribution in [0, 0.1) is 17.0 Å². The maximum atomic E-state index is 12.9. The highest BCUT2D eigenvalue weighted by Crippen LogP contribution is 2.30. The molecule has 1 N–H and O–H groups in total. The Bertz CT molecular complexity index is 1390. The highest BCUT2D eigenvalue weighted by atomic mass is 16.6. The third kappa shape index (κ3) is 6.71. The first-order chi connectivity index (χ1) is 18.8. The molecular formula is C29H32N4O6. The number of ether oxygens (including phenoxy) is 1. The summed E-state index contributed by atoms with van der Waals surface area (Å²) in [6.07, 6.45) is 2.91. The van der Waals surface area contributed by atoms with Crippen LogP contribution in [0.15, 0.2) is 59.0 Å². The van der Waals surface area contributed by atoms with Gasteiger partial charge in [-0.1, -0.05) is 6.92 Å². The molecule has 204 valence electrons. The number of piperazine rings is 1. The van der Waals surface area contributed by atoms with Crippen LogP contribution in [-0.2, 0) is 9.53 Å². The molecule has 1 amide bonds. The van der Waals surface area contributed by atoms with Gasteiger partial charge in [-0.15, -0.1) is 0 Å². The molecule has 0 saturated carbocycles. The molecule has 1 aromatic heterocycles. The van der Waals surface area contributed by atoms with Gasteiger partial charge < -0.3 is 24.3 Å². The number of aryl methyl sites for hydroxylation is 1. The molecule has 10 heteroatoms. The Morgan fingerprint density at radius 2 is 1.85 bits per heavy atom. The summed E-state index contributed by atoms with van der Waals surface area (Å²) >= 11 is 0. The lowest BCUT2D eigenvalue weighted by Gasteiger charge is -2.36. The Morgan fingerprint density at radius 1 is 1.08 bits per heavy atom. The van der Waals surface area contributed by atoms with Crippen LogP contribution in [0.1, 0.15) is 35.5 Å². The largest absolute Gasteiger partial charge is 0.462 e. The van der Waals surface area contributed by atoms with E-state index in [0.717, 1.165) is 44.0 Å². The van der Waals surface area contributed by atoms with E-state index in [9.17, 15) is 19.7 Å². The van der Waals surface area contributed by atoms with Crippen molar-refractivity contribution in [2.45, 2.75) is 20.8 Å². The highest BCUT2D eigenvalue weighted by Gasteiger charge is 2.21. The third-order valence-corrected chi connectivity index (χ3v) is 6.64. The number of non-ortho nitro benzene ring substituents is 1. The average Bonchev–Trinajstić information content (AvgIpc) is 3.41. The number of furan rings is 1. The predicted molar refractivity (Wildman–Crippen MR) is 150 cm³/mol. The number of nitro benzene ring substituents is 1. The lowest BCUT2D eigenvalue weighted by Crippen LogP contribution is -2.46. The summed E-state index contributed by atoms with van der Waals surface area (Å²) in [6.45, 7) is 10.4. The van der Waals surface area contributed by atoms with E-state index in [1.807, 2.05) is 6.07 Å². The number of amides is 1. The topological polar surface area (TPSA) is 118 Å². The number of anilines is 2. The number of hydrogen-bond acceptors (Lipinski definition) is 8. The zero-order valence-electron chi connectivity index (χ0n) is 22.3. The van der Waals surface area contributed by atoms with Crippen LogP contribution < -0.4 is 10.2 Å². The zero-order chi connectivity index (χ0) is 27.9. The van der Waals surface area contributed by atoms with E-state index in [1.54, 1.807) is 50.3 Å². The summed E-state index contributed by atoms with van der Waals surface area (Å²) in [6, 6.07) is 13.2. The molecule has 39 heavy (non-hydrogen) atoms. The number of carbonyl (C=O) groups excluding carboxylic acids is 2. The standard InChI is InChI=1S/C29H32N4O6/c1-4-31-14-16-32(17-15-31)26-11-6-21(29(35)38-5-2)19-25(26)30-28(34)13-9-23-8-12-27(39-23)24-10-7-22(33(36)37)18-20(24)3/h6-13,18-19H,4-5,14-17H2,1-3H3,(H,30,34)/b13-9+. The van der Waals surface area contributed by atoms with E-state index in [4.69, 9.17) is 9.15 Å². The Labute approximate surface area is 227 Å². The molecule has 1 saturated heterocycles. The molecule has 4 rings (SSSR count). The summed E-state index contributed by atoms with van der Waals surface area (Å²) in [5, 5.41) is 13.9. The molecule has 0 bridgehead atoms. The van der Waals surface area contributed by atoms with E-state index in [2.05, 4.69) is 22.0 Å². The zero-order valence-corrected chi connectivity index (χ0v) is 22.3. The van der Waals surface area contributed by atoms with Gasteiger partial charge in [0.25, 0.3) is 5.69 Å². The van der Waals surface area contributed by atoms with Crippen LogP contribution in [-0.4, -0.2) is 61.0 Å². The number of hydrogen-bond donors (Lipinski definition) is 1. The molecule has 0 atom stereocenters. The number of nitrogens with one attached hydrogen (secondary N) is 1. The van der Waals surface area contributed by atoms with Crippen molar-refractivity contribution in [2.75, 3.05) is 49.5 Å². The number of rotatable bonds is 9. The summed E-state index contributed by atoms with van der Waals surface area (Å²) in [5.41, 5.74) is 3.18. The third-order valence-electron chi connectivity index (χ3n) is 6.64. The SMILES string of the molecule is CCOC(=O)c1ccc(N2CCN(CC)CC2)c(NC(=O)/C=C/c2ccc(-c3ccc([N+](=O)[O-])cc3C)o2)c1. The molecule has 10 nitrogen and oxygen atoms in total. The Morgan fingerprint density at radius 3 is 2.51 bits per heavy atom. The van der Waals surface area contributed by atoms with Crippen molar-refractivity contribution in [1.82, 2.24) is 4.90 Å². The van der Waals surface area contributed by atoms with Crippen molar-refractivity contribution in [3.8, 4) is 11.3 Å². The first-order valence-electron chi connectivity index (χ1n) is 12.9. The monoisotopic (exact) mass is 532 g/mol. The second-order valence-electron chi connectivity index (χ2n) is 9.15. The van der Waals surface area contributed by atoms with Gasteiger partial charge in [-0.25, -0.2) is 4.79 Å². The fourth-order valence-electron chi connectivity index (χ4n) is 4.52. The van der Waals surface area contributed by atoms with Crippen molar-refractivity contribution in [1.29, 1.82) is 0 Å². The molecule has 1 aliphatic rings. The first-order valence-corrected chi connectivity index (χ1v) is 12.9. The van der Waals surface area contributed by atoms with Gasteiger partial charge in [0, 0.05) is 50.0 Å². The van der Waals surface area contributed by atoms with Gasteiger partial charge in [-0.2, -0.15) is 0 Å². The Kier molecular flexibility index (Phi) is 8.77. The van der Waals surface area contributed by atoms with Crippen LogP contribution in [0.3, 0.4) is 0 Å². The maximum Gasteiger partial charge on any atom is 0.338 e. The lowest BCUT2D eigenvalue weighted by atomic mass is 10.1. The number of carbonyl (C=O) groups is 2. The van der Waals surface area contributed by atoms with Crippen molar-refractivity contribution in [3.63, 3.8) is 0 Å². The van der Waals surface area contributed by atoms with Crippen molar-refractivity contribution >= 4 is 35.0 Å². The fourth-order valence-corrected chi connectivity index (χ4v) is 4.52. The Hall–Kier alpha value is -4.44. The molecule has 1 fully saturated rings. The minimum atomic E-state index is -0.449. The molecule has 0 unspecified atom stereocenters. The fraction of sp³-hybridized carbons (Fsp3) is 0.310. The van der Waals surface area contributed by atoms with E-state index >= 15 is 0 Å². The average molecular weight is 533 g/mol. The smallest absolute Gasteiger partial charge is 0.338 e. The van der Waals surface area contributed by atoms with Crippen LogP contribution >= 0.6 is 0 Å². The molecule has 1 aliphatic heterocycles. The number of esters is 1. The second kappa shape index (κ2) is 12.4. The van der Waals surface area contributed by atoms with Gasteiger partial charge in [-0.3, -0.25) is 14.9 Å². The van der Waals surface area contributed by atoms with Gasteiger partial charge in [0.05, 0.1) is 28.5 Å². The van der Waals surface area contributed by atoms with E-state index in [0.29, 0.717) is 28.3 Å². The normalized spacial score (nSPS) is 14.0. The number of benzene rings is 2. The van der Waals surface area contributed by atoms with E-state index in [1.165, 1.54) is 18.2 Å². The summed E-state index contributed by atoms with van der Waals surface area (Å²) < 4.78 is 11.0. The highest BCUT2D eigenvalue weighted by molar-refractivity contribution is 6.05. The summed E-state index contributed by atoms with van der Waals surface area (Å²) in [4.78, 5) is 40.4. The molecule has 2 aromatic carbocycles.